The second-order valence-electron chi connectivity index (χ2n) is 6.15. The molecular formula is C16H33N3O2. The summed E-state index contributed by atoms with van der Waals surface area (Å²) >= 11 is 0. The molecular weight excluding hydrogens is 266 g/mol. The number of ether oxygens (including phenoxy) is 1. The molecule has 0 amide bonds. The molecule has 0 bridgehead atoms. The minimum atomic E-state index is -0.0853. The highest BCUT2D eigenvalue weighted by molar-refractivity contribution is 5.79. The highest BCUT2D eigenvalue weighted by Gasteiger charge is 2.26. The van der Waals surface area contributed by atoms with E-state index >= 15 is 0 Å². The van der Waals surface area contributed by atoms with Crippen molar-refractivity contribution in [1.82, 2.24) is 10.2 Å². The molecule has 0 spiro atoms. The molecule has 1 fully saturated rings. The molecule has 2 N–H and O–H groups in total. The summed E-state index contributed by atoms with van der Waals surface area (Å²) in [6, 6.07) is 0. The predicted molar refractivity (Wildman–Crippen MR) is 87.6 cm³/mol. The lowest BCUT2D eigenvalue weighted by molar-refractivity contribution is 0.123. The van der Waals surface area contributed by atoms with Crippen molar-refractivity contribution in [1.29, 1.82) is 0 Å². The van der Waals surface area contributed by atoms with Gasteiger partial charge in [-0.15, -0.1) is 0 Å². The molecule has 1 rings (SSSR count). The van der Waals surface area contributed by atoms with Crippen LogP contribution in [0, 0.1) is 11.3 Å². The average molecular weight is 299 g/mol. The van der Waals surface area contributed by atoms with Crippen LogP contribution in [0.2, 0.25) is 0 Å². The molecule has 1 saturated heterocycles. The first-order valence-corrected chi connectivity index (χ1v) is 8.28. The molecule has 0 aliphatic carbocycles. The van der Waals surface area contributed by atoms with E-state index in [1.165, 1.54) is 0 Å². The predicted octanol–water partition coefficient (Wildman–Crippen LogP) is 1.72. The fourth-order valence-corrected chi connectivity index (χ4v) is 2.66. The number of hydrogen-bond donors (Lipinski definition) is 2. The lowest BCUT2D eigenvalue weighted by Crippen LogP contribution is -2.42. The molecule has 5 heteroatoms. The summed E-state index contributed by atoms with van der Waals surface area (Å²) in [5, 5.41) is 13.0. The lowest BCUT2D eigenvalue weighted by Gasteiger charge is -2.29. The van der Waals surface area contributed by atoms with Crippen molar-refractivity contribution in [2.45, 2.75) is 40.0 Å². The van der Waals surface area contributed by atoms with E-state index in [-0.39, 0.29) is 12.0 Å². The molecule has 0 aromatic rings. The number of guanidine groups is 1. The largest absolute Gasteiger partial charge is 0.396 e. The number of aliphatic hydroxyl groups is 1. The van der Waals surface area contributed by atoms with Crippen molar-refractivity contribution in [2.75, 3.05) is 46.5 Å². The Morgan fingerprint density at radius 3 is 2.57 bits per heavy atom. The minimum absolute atomic E-state index is 0.0853. The van der Waals surface area contributed by atoms with Crippen LogP contribution in [0.25, 0.3) is 0 Å². The topological polar surface area (TPSA) is 57.1 Å². The van der Waals surface area contributed by atoms with Gasteiger partial charge in [-0.3, -0.25) is 4.99 Å². The molecule has 1 aliphatic heterocycles. The normalized spacial score (nSPS) is 19.9. The standard InChI is InChI=1S/C16H33N3O2/c1-5-16(6-2,13-20)12-18-15(17-7-3)19(4)10-14-8-9-21-11-14/h14,20H,5-13H2,1-4H3,(H,17,18). The van der Waals surface area contributed by atoms with Crippen LogP contribution in [0.4, 0.5) is 0 Å². The van der Waals surface area contributed by atoms with Crippen LogP contribution in [-0.4, -0.2) is 62.5 Å². The third-order valence-corrected chi connectivity index (χ3v) is 4.65. The summed E-state index contributed by atoms with van der Waals surface area (Å²) in [6.07, 6.45) is 3.03. The van der Waals surface area contributed by atoms with Gasteiger partial charge in [0.25, 0.3) is 0 Å². The van der Waals surface area contributed by atoms with E-state index in [0.29, 0.717) is 12.5 Å². The Balaban J connectivity index is 2.66. The van der Waals surface area contributed by atoms with E-state index in [1.54, 1.807) is 0 Å². The van der Waals surface area contributed by atoms with Gasteiger partial charge in [-0.2, -0.15) is 0 Å². The maximum atomic E-state index is 9.67. The first-order chi connectivity index (χ1) is 10.1. The van der Waals surface area contributed by atoms with E-state index < -0.39 is 0 Å². The number of rotatable bonds is 8. The first-order valence-electron chi connectivity index (χ1n) is 8.28. The number of aliphatic hydroxyl groups excluding tert-OH is 1. The van der Waals surface area contributed by atoms with Gasteiger partial charge in [0, 0.05) is 38.1 Å². The Morgan fingerprint density at radius 2 is 2.10 bits per heavy atom. The van der Waals surface area contributed by atoms with Gasteiger partial charge in [0.05, 0.1) is 19.8 Å². The molecule has 1 atom stereocenters. The number of hydrogen-bond acceptors (Lipinski definition) is 3. The van der Waals surface area contributed by atoms with Gasteiger partial charge in [0.2, 0.25) is 0 Å². The SMILES string of the molecule is CCNC(=NCC(CC)(CC)CO)N(C)CC1CCOC1. The molecule has 124 valence electrons. The van der Waals surface area contributed by atoms with Crippen LogP contribution in [0.15, 0.2) is 4.99 Å². The summed E-state index contributed by atoms with van der Waals surface area (Å²) in [4.78, 5) is 6.96. The van der Waals surface area contributed by atoms with Crippen molar-refractivity contribution in [2.24, 2.45) is 16.3 Å². The van der Waals surface area contributed by atoms with Crippen LogP contribution in [0.1, 0.15) is 40.0 Å². The fraction of sp³-hybridized carbons (Fsp3) is 0.938. The highest BCUT2D eigenvalue weighted by Crippen LogP contribution is 2.26. The van der Waals surface area contributed by atoms with E-state index in [4.69, 9.17) is 9.73 Å². The molecule has 0 radical (unpaired) electrons. The Morgan fingerprint density at radius 1 is 1.38 bits per heavy atom. The van der Waals surface area contributed by atoms with Crippen molar-refractivity contribution < 1.29 is 9.84 Å². The Hall–Kier alpha value is -0.810. The summed E-state index contributed by atoms with van der Waals surface area (Å²) in [6.45, 7) is 10.8. The van der Waals surface area contributed by atoms with Crippen LogP contribution in [0.5, 0.6) is 0 Å². The zero-order valence-electron chi connectivity index (χ0n) is 14.2. The first kappa shape index (κ1) is 18.2. The van der Waals surface area contributed by atoms with Crippen molar-refractivity contribution in [3.63, 3.8) is 0 Å². The second-order valence-corrected chi connectivity index (χ2v) is 6.15. The zero-order valence-corrected chi connectivity index (χ0v) is 14.2. The van der Waals surface area contributed by atoms with Gasteiger partial charge in [0.1, 0.15) is 0 Å². The number of nitrogens with zero attached hydrogens (tertiary/aromatic N) is 2. The summed E-state index contributed by atoms with van der Waals surface area (Å²) in [5.74, 6) is 1.53. The fourth-order valence-electron chi connectivity index (χ4n) is 2.66. The van der Waals surface area contributed by atoms with Gasteiger partial charge < -0.3 is 20.1 Å². The minimum Gasteiger partial charge on any atom is -0.396 e. The Kier molecular flexibility index (Phi) is 8.04. The van der Waals surface area contributed by atoms with Gasteiger partial charge in [-0.1, -0.05) is 13.8 Å². The van der Waals surface area contributed by atoms with E-state index in [2.05, 4.69) is 38.0 Å². The molecule has 1 heterocycles. The molecule has 5 nitrogen and oxygen atoms in total. The van der Waals surface area contributed by atoms with E-state index in [0.717, 1.165) is 51.5 Å². The lowest BCUT2D eigenvalue weighted by atomic mass is 9.83. The summed E-state index contributed by atoms with van der Waals surface area (Å²) in [5.41, 5.74) is -0.0853. The molecule has 0 aromatic carbocycles. The van der Waals surface area contributed by atoms with Crippen LogP contribution >= 0.6 is 0 Å². The van der Waals surface area contributed by atoms with Crippen LogP contribution in [-0.2, 0) is 4.74 Å². The Bertz CT molecular complexity index is 302. The highest BCUT2D eigenvalue weighted by atomic mass is 16.5. The number of nitrogens with one attached hydrogen (secondary N) is 1. The molecule has 1 unspecified atom stereocenters. The summed E-state index contributed by atoms with van der Waals surface area (Å²) in [7, 11) is 2.08. The van der Waals surface area contributed by atoms with Crippen molar-refractivity contribution in [3.8, 4) is 0 Å². The molecule has 0 aromatic heterocycles. The number of aliphatic imine (C=N–C) groups is 1. The quantitative estimate of drug-likeness (QED) is 0.529. The molecule has 0 saturated carbocycles. The van der Waals surface area contributed by atoms with E-state index in [1.807, 2.05) is 0 Å². The maximum absolute atomic E-state index is 9.67. The van der Waals surface area contributed by atoms with Gasteiger partial charge in [0.15, 0.2) is 5.96 Å². The van der Waals surface area contributed by atoms with Crippen LogP contribution in [0.3, 0.4) is 0 Å². The van der Waals surface area contributed by atoms with Crippen LogP contribution < -0.4 is 5.32 Å². The monoisotopic (exact) mass is 299 g/mol. The third-order valence-electron chi connectivity index (χ3n) is 4.65. The van der Waals surface area contributed by atoms with Crippen molar-refractivity contribution in [3.05, 3.63) is 0 Å². The maximum Gasteiger partial charge on any atom is 0.193 e. The second kappa shape index (κ2) is 9.26. The van der Waals surface area contributed by atoms with Crippen molar-refractivity contribution >= 4 is 5.96 Å². The van der Waals surface area contributed by atoms with Gasteiger partial charge >= 0.3 is 0 Å². The smallest absolute Gasteiger partial charge is 0.193 e. The third kappa shape index (κ3) is 5.47. The zero-order chi connectivity index (χ0) is 15.7. The van der Waals surface area contributed by atoms with Gasteiger partial charge in [-0.25, -0.2) is 0 Å². The van der Waals surface area contributed by atoms with E-state index in [9.17, 15) is 5.11 Å². The summed E-state index contributed by atoms with van der Waals surface area (Å²) < 4.78 is 5.44. The molecule has 1 aliphatic rings. The Labute approximate surface area is 129 Å². The average Bonchev–Trinajstić information content (AvgIpc) is 3.00. The van der Waals surface area contributed by atoms with Gasteiger partial charge in [-0.05, 0) is 26.2 Å². The molecule has 21 heavy (non-hydrogen) atoms.